The van der Waals surface area contributed by atoms with E-state index in [-0.39, 0.29) is 33.8 Å². The lowest BCUT2D eigenvalue weighted by Gasteiger charge is -2.31. The first-order valence-electron chi connectivity index (χ1n) is 13.1. The third-order valence-corrected chi connectivity index (χ3v) is 8.09. The molecule has 1 unspecified atom stereocenters. The summed E-state index contributed by atoms with van der Waals surface area (Å²) in [6, 6.07) is 8.36. The number of hydrogen-bond acceptors (Lipinski definition) is 3. The Labute approximate surface area is 265 Å². The van der Waals surface area contributed by atoms with Gasteiger partial charge in [-0.15, -0.1) is 0 Å². The van der Waals surface area contributed by atoms with Crippen LogP contribution in [0.3, 0.4) is 0 Å². The van der Waals surface area contributed by atoms with Crippen molar-refractivity contribution in [2.75, 3.05) is 16.9 Å². The van der Waals surface area contributed by atoms with Crippen molar-refractivity contribution < 1.29 is 53.5 Å². The van der Waals surface area contributed by atoms with Crippen LogP contribution in [0.15, 0.2) is 54.6 Å². The van der Waals surface area contributed by atoms with E-state index in [1.165, 1.54) is 53.1 Å². The Kier molecular flexibility index (Phi) is 10.7. The minimum Gasteiger partial charge on any atom is -0.366 e. The smallest absolute Gasteiger partial charge is 0.366 e. The molecule has 0 spiro atoms. The van der Waals surface area contributed by atoms with Crippen molar-refractivity contribution in [2.24, 2.45) is 5.73 Å². The van der Waals surface area contributed by atoms with Crippen molar-refractivity contribution in [3.63, 3.8) is 0 Å². The molecule has 0 saturated heterocycles. The number of hydrogen-bond donors (Lipinski definition) is 1. The predicted octanol–water partition coefficient (Wildman–Crippen LogP) is 9.04. The van der Waals surface area contributed by atoms with E-state index in [0.29, 0.717) is 23.1 Å². The fourth-order valence-corrected chi connectivity index (χ4v) is 5.69. The predicted molar refractivity (Wildman–Crippen MR) is 155 cm³/mol. The molecule has 2 N–H and O–H groups in total. The van der Waals surface area contributed by atoms with Crippen LogP contribution in [0.4, 0.5) is 49.6 Å². The number of aryl methyl sites for hydroxylation is 1. The molecular weight excluding hydrogens is 678 g/mol. The molecule has 0 saturated carbocycles. The third-order valence-electron chi connectivity index (χ3n) is 6.96. The molecule has 1 atom stereocenters. The topological polar surface area (TPSA) is 63.4 Å². The van der Waals surface area contributed by atoms with Crippen LogP contribution in [0.2, 0.25) is 5.02 Å². The molecule has 250 valence electrons. The van der Waals surface area contributed by atoms with E-state index in [4.69, 9.17) is 17.3 Å². The summed E-state index contributed by atoms with van der Waals surface area (Å²) in [6.45, 7) is 3.26. The average Bonchev–Trinajstić information content (AvgIpc) is 2.92. The highest BCUT2D eigenvalue weighted by Gasteiger charge is 2.65. The molecule has 3 aromatic carbocycles. The van der Waals surface area contributed by atoms with Crippen molar-refractivity contribution in [1.29, 1.82) is 0 Å². The van der Waals surface area contributed by atoms with E-state index in [0.717, 1.165) is 0 Å². The number of thioether (sulfide) groups is 1. The van der Waals surface area contributed by atoms with E-state index >= 15 is 0 Å². The SMILES string of the molecule is CSCC(C)N(C(=O)c1c(Cl)cccc1C(N)=O)c1ccc(Cc2ccc(C(F)(F)C(F)(F)F)c(C(F)(F)C(F)(F)F)c2)cc1C. The lowest BCUT2D eigenvalue weighted by Crippen LogP contribution is -2.41. The molecule has 3 aromatic rings. The van der Waals surface area contributed by atoms with E-state index in [1.807, 2.05) is 0 Å². The average molecular weight is 703 g/mol. The van der Waals surface area contributed by atoms with Crippen molar-refractivity contribution in [3.05, 3.63) is 98.6 Å². The van der Waals surface area contributed by atoms with Crippen molar-refractivity contribution in [2.45, 2.75) is 50.5 Å². The summed E-state index contributed by atoms with van der Waals surface area (Å²) in [4.78, 5) is 27.3. The van der Waals surface area contributed by atoms with E-state index in [1.54, 1.807) is 20.1 Å². The standard InChI is InChI=1S/C30H25ClF10N2O2S/c1-15-11-17(12-18-7-9-20(27(32,33)29(36,37)38)21(13-18)28(34,35)30(39,40)41)8-10-23(15)43(16(2)14-46-3)26(45)24-19(25(42)44)5-4-6-22(24)31/h4-11,13,16H,12,14H2,1-3H3,(H2,42,44). The number of carbonyl (C=O) groups excluding carboxylic acids is 2. The second-order valence-electron chi connectivity index (χ2n) is 10.3. The van der Waals surface area contributed by atoms with Gasteiger partial charge in [0.1, 0.15) is 0 Å². The second-order valence-corrected chi connectivity index (χ2v) is 11.6. The van der Waals surface area contributed by atoms with Gasteiger partial charge in [0, 0.05) is 28.6 Å². The van der Waals surface area contributed by atoms with Crippen LogP contribution in [0, 0.1) is 6.92 Å². The first-order valence-corrected chi connectivity index (χ1v) is 14.9. The number of primary amides is 1. The Morgan fingerprint density at radius 1 is 0.848 bits per heavy atom. The molecule has 0 fully saturated rings. The quantitative estimate of drug-likeness (QED) is 0.215. The molecule has 0 aromatic heterocycles. The molecule has 4 nitrogen and oxygen atoms in total. The van der Waals surface area contributed by atoms with Gasteiger partial charge in [-0.1, -0.05) is 41.9 Å². The van der Waals surface area contributed by atoms with Crippen molar-refractivity contribution in [1.82, 2.24) is 0 Å². The molecule has 0 bridgehead atoms. The fraction of sp³-hybridized carbons (Fsp3) is 0.333. The Hall–Kier alpha value is -3.46. The van der Waals surface area contributed by atoms with Crippen LogP contribution in [-0.4, -0.2) is 42.2 Å². The molecular formula is C30H25ClF10N2O2S. The van der Waals surface area contributed by atoms with Gasteiger partial charge in [0.15, 0.2) is 0 Å². The van der Waals surface area contributed by atoms with Gasteiger partial charge in [0.2, 0.25) is 5.91 Å². The molecule has 0 heterocycles. The lowest BCUT2D eigenvalue weighted by molar-refractivity contribution is -0.301. The number of anilines is 1. The van der Waals surface area contributed by atoms with Gasteiger partial charge in [-0.2, -0.15) is 55.7 Å². The zero-order valence-electron chi connectivity index (χ0n) is 24.1. The number of amides is 2. The van der Waals surface area contributed by atoms with Gasteiger partial charge in [-0.05, 0) is 67.5 Å². The largest absolute Gasteiger partial charge is 0.458 e. The normalized spacial score (nSPS) is 13.4. The van der Waals surface area contributed by atoms with E-state index in [2.05, 4.69) is 0 Å². The van der Waals surface area contributed by atoms with Crippen molar-refractivity contribution >= 4 is 40.9 Å². The van der Waals surface area contributed by atoms with E-state index in [9.17, 15) is 53.5 Å². The van der Waals surface area contributed by atoms with Gasteiger partial charge in [-0.25, -0.2) is 0 Å². The van der Waals surface area contributed by atoms with Gasteiger partial charge >= 0.3 is 24.2 Å². The molecule has 46 heavy (non-hydrogen) atoms. The Bertz CT molecular complexity index is 1630. The molecule has 0 aliphatic heterocycles. The maximum absolute atomic E-state index is 14.3. The van der Waals surface area contributed by atoms with Gasteiger partial charge in [0.05, 0.1) is 16.1 Å². The van der Waals surface area contributed by atoms with Crippen LogP contribution in [0.5, 0.6) is 0 Å². The molecule has 0 aliphatic rings. The van der Waals surface area contributed by atoms with Crippen LogP contribution in [0.25, 0.3) is 0 Å². The number of rotatable bonds is 10. The number of halogens is 11. The monoisotopic (exact) mass is 702 g/mol. The lowest BCUT2D eigenvalue weighted by atomic mass is 9.91. The summed E-state index contributed by atoms with van der Waals surface area (Å²) in [6.07, 6.45) is -11.6. The van der Waals surface area contributed by atoms with Gasteiger partial charge < -0.3 is 10.6 Å². The zero-order valence-corrected chi connectivity index (χ0v) is 25.7. The maximum atomic E-state index is 14.3. The number of alkyl halides is 10. The molecule has 0 radical (unpaired) electrons. The Morgan fingerprint density at radius 3 is 1.91 bits per heavy atom. The molecule has 0 aliphatic carbocycles. The molecule has 2 amide bonds. The second kappa shape index (κ2) is 13.3. The summed E-state index contributed by atoms with van der Waals surface area (Å²) in [5.74, 6) is -13.2. The minimum absolute atomic E-state index is 0.0230. The highest BCUT2D eigenvalue weighted by atomic mass is 35.5. The first kappa shape index (κ1) is 37.0. The Balaban J connectivity index is 2.11. The molecule has 3 rings (SSSR count). The first-order chi connectivity index (χ1) is 21.1. The highest BCUT2D eigenvalue weighted by molar-refractivity contribution is 7.98. The molecule has 16 heteroatoms. The summed E-state index contributed by atoms with van der Waals surface area (Å²) >= 11 is 7.68. The van der Waals surface area contributed by atoms with E-state index < -0.39 is 65.2 Å². The van der Waals surface area contributed by atoms with Crippen molar-refractivity contribution in [3.8, 4) is 0 Å². The fourth-order valence-electron chi connectivity index (χ4n) is 4.80. The van der Waals surface area contributed by atoms with Gasteiger partial charge in [0.25, 0.3) is 5.91 Å². The van der Waals surface area contributed by atoms with Crippen LogP contribution in [-0.2, 0) is 18.3 Å². The van der Waals surface area contributed by atoms with Crippen LogP contribution in [0.1, 0.15) is 55.5 Å². The summed E-state index contributed by atoms with van der Waals surface area (Å²) in [5, 5.41) is -0.0528. The number of carbonyl (C=O) groups is 2. The highest BCUT2D eigenvalue weighted by Crippen LogP contribution is 2.52. The third kappa shape index (κ3) is 7.24. The van der Waals surface area contributed by atoms with Crippen LogP contribution >= 0.6 is 23.4 Å². The number of benzene rings is 3. The van der Waals surface area contributed by atoms with Crippen LogP contribution < -0.4 is 10.6 Å². The maximum Gasteiger partial charge on any atom is 0.458 e. The van der Waals surface area contributed by atoms with Gasteiger partial charge in [-0.3, -0.25) is 9.59 Å². The summed E-state index contributed by atoms with van der Waals surface area (Å²) in [7, 11) is 0. The summed E-state index contributed by atoms with van der Waals surface area (Å²) in [5.41, 5.74) is 0.599. The number of nitrogens with two attached hydrogens (primary N) is 1. The number of nitrogens with zero attached hydrogens (tertiary/aromatic N) is 1. The Morgan fingerprint density at radius 2 is 1.39 bits per heavy atom. The zero-order chi connectivity index (χ0) is 35.0. The summed E-state index contributed by atoms with van der Waals surface area (Å²) < 4.78 is 135. The minimum atomic E-state index is -6.47.